The van der Waals surface area contributed by atoms with Crippen LogP contribution in [0.25, 0.3) is 22.2 Å². The number of carbonyl (C=O) groups is 1. The third-order valence-corrected chi connectivity index (χ3v) is 6.15. The summed E-state index contributed by atoms with van der Waals surface area (Å²) >= 11 is 6.56. The fourth-order valence-electron chi connectivity index (χ4n) is 4.33. The highest BCUT2D eigenvalue weighted by Gasteiger charge is 2.29. The molecule has 0 aliphatic carbocycles. The molecule has 34 heavy (non-hydrogen) atoms. The van der Waals surface area contributed by atoms with Crippen molar-refractivity contribution in [2.24, 2.45) is 0 Å². The SMILES string of the molecule is CC#CC(=O)N1CCCC1Cn1nc(-c2ccc(Oc3ccncc3)cc2)c2cncc(Cl)c21. The minimum absolute atomic E-state index is 0.0182. The Hall–Kier alpha value is -3.89. The Kier molecular flexibility index (Phi) is 6.15. The molecule has 0 saturated carbocycles. The number of aromatic nitrogens is 4. The smallest absolute Gasteiger partial charge is 0.298 e. The Morgan fingerprint density at radius 1 is 1.12 bits per heavy atom. The lowest BCUT2D eigenvalue weighted by molar-refractivity contribution is -0.126. The first-order chi connectivity index (χ1) is 16.6. The van der Waals surface area contributed by atoms with Crippen molar-refractivity contribution < 1.29 is 9.53 Å². The molecule has 0 radical (unpaired) electrons. The highest BCUT2D eigenvalue weighted by atomic mass is 35.5. The molecule has 4 aromatic rings. The van der Waals surface area contributed by atoms with Crippen LogP contribution >= 0.6 is 11.6 Å². The number of hydrogen-bond donors (Lipinski definition) is 0. The maximum absolute atomic E-state index is 12.4. The molecule has 4 heterocycles. The van der Waals surface area contributed by atoms with Crippen molar-refractivity contribution in [1.82, 2.24) is 24.6 Å². The average molecular weight is 472 g/mol. The number of pyridine rings is 2. The van der Waals surface area contributed by atoms with Gasteiger partial charge in [-0.15, -0.1) is 0 Å². The van der Waals surface area contributed by atoms with E-state index in [0.29, 0.717) is 23.9 Å². The number of carbonyl (C=O) groups excluding carboxylic acids is 1. The van der Waals surface area contributed by atoms with Gasteiger partial charge < -0.3 is 9.64 Å². The molecule has 1 fully saturated rings. The maximum Gasteiger partial charge on any atom is 0.298 e. The van der Waals surface area contributed by atoms with Crippen LogP contribution in [0.2, 0.25) is 5.02 Å². The van der Waals surface area contributed by atoms with Crippen molar-refractivity contribution >= 4 is 28.4 Å². The molecular weight excluding hydrogens is 450 g/mol. The van der Waals surface area contributed by atoms with Crippen LogP contribution < -0.4 is 4.74 Å². The predicted molar refractivity (Wildman–Crippen MR) is 130 cm³/mol. The standard InChI is InChI=1S/C26H22ClN5O2/c1-2-4-24(33)31-14-3-5-19(31)17-32-26-22(15-29-16-23(26)27)25(30-32)18-6-8-20(9-7-18)34-21-10-12-28-13-11-21/h6-13,15-16,19H,3,5,14,17H2,1H3. The van der Waals surface area contributed by atoms with Crippen molar-refractivity contribution in [2.45, 2.75) is 32.4 Å². The third-order valence-electron chi connectivity index (χ3n) is 5.87. The van der Waals surface area contributed by atoms with E-state index in [9.17, 15) is 4.79 Å². The van der Waals surface area contributed by atoms with Crippen LogP contribution in [0.15, 0.2) is 61.2 Å². The van der Waals surface area contributed by atoms with Gasteiger partial charge in [-0.25, -0.2) is 0 Å². The van der Waals surface area contributed by atoms with E-state index in [4.69, 9.17) is 21.4 Å². The summed E-state index contributed by atoms with van der Waals surface area (Å²) in [5.74, 6) is 6.66. The van der Waals surface area contributed by atoms with Gasteiger partial charge in [-0.3, -0.25) is 19.4 Å². The number of amides is 1. The lowest BCUT2D eigenvalue weighted by Crippen LogP contribution is -2.37. The summed E-state index contributed by atoms with van der Waals surface area (Å²) in [5, 5.41) is 6.29. The van der Waals surface area contributed by atoms with E-state index < -0.39 is 0 Å². The molecule has 3 aromatic heterocycles. The minimum atomic E-state index is -0.140. The van der Waals surface area contributed by atoms with Gasteiger partial charge in [0.2, 0.25) is 0 Å². The molecule has 1 aliphatic rings. The molecule has 1 aromatic carbocycles. The van der Waals surface area contributed by atoms with E-state index in [0.717, 1.165) is 40.8 Å². The molecule has 170 valence electrons. The van der Waals surface area contributed by atoms with Gasteiger partial charge >= 0.3 is 0 Å². The molecular formula is C26H22ClN5O2. The monoisotopic (exact) mass is 471 g/mol. The molecule has 1 saturated heterocycles. The molecule has 7 nitrogen and oxygen atoms in total. The Morgan fingerprint density at radius 2 is 1.88 bits per heavy atom. The number of fused-ring (bicyclic) bond motifs is 1. The number of halogens is 1. The topological polar surface area (TPSA) is 73.1 Å². The first kappa shape index (κ1) is 21.9. The second-order valence-corrected chi connectivity index (χ2v) is 8.43. The van der Waals surface area contributed by atoms with Gasteiger partial charge in [-0.05, 0) is 62.1 Å². The van der Waals surface area contributed by atoms with Crippen LogP contribution in [0.3, 0.4) is 0 Å². The minimum Gasteiger partial charge on any atom is -0.457 e. The summed E-state index contributed by atoms with van der Waals surface area (Å²) in [6.45, 7) is 2.93. The lowest BCUT2D eigenvalue weighted by atomic mass is 10.1. The first-order valence-corrected chi connectivity index (χ1v) is 11.4. The van der Waals surface area contributed by atoms with Gasteiger partial charge in [0.25, 0.3) is 5.91 Å². The quantitative estimate of drug-likeness (QED) is 0.385. The fraction of sp³-hybridized carbons (Fsp3) is 0.231. The van der Waals surface area contributed by atoms with Crippen LogP contribution in [-0.4, -0.2) is 43.1 Å². The van der Waals surface area contributed by atoms with E-state index in [1.807, 2.05) is 33.8 Å². The summed E-state index contributed by atoms with van der Waals surface area (Å²) in [6, 6.07) is 11.4. The van der Waals surface area contributed by atoms with Crippen LogP contribution in [0.1, 0.15) is 19.8 Å². The molecule has 1 unspecified atom stereocenters. The molecule has 5 rings (SSSR count). The van der Waals surface area contributed by atoms with Gasteiger partial charge in [0, 0.05) is 42.3 Å². The van der Waals surface area contributed by atoms with Crippen LogP contribution in [0.5, 0.6) is 11.5 Å². The zero-order valence-corrected chi connectivity index (χ0v) is 19.4. The Labute approximate surface area is 202 Å². The third kappa shape index (κ3) is 4.33. The first-order valence-electron chi connectivity index (χ1n) is 11.1. The molecule has 1 amide bonds. The summed E-state index contributed by atoms with van der Waals surface area (Å²) in [4.78, 5) is 22.6. The van der Waals surface area contributed by atoms with Crippen molar-refractivity contribution in [3.05, 3.63) is 66.2 Å². The highest BCUT2D eigenvalue weighted by Crippen LogP contribution is 2.33. The molecule has 8 heteroatoms. The number of ether oxygens (including phenoxy) is 1. The number of hydrogen-bond acceptors (Lipinski definition) is 5. The van der Waals surface area contributed by atoms with E-state index >= 15 is 0 Å². The van der Waals surface area contributed by atoms with Gasteiger partial charge in [0.05, 0.1) is 23.1 Å². The second kappa shape index (κ2) is 9.54. The summed E-state index contributed by atoms with van der Waals surface area (Å²) in [5.41, 5.74) is 2.51. The zero-order chi connectivity index (χ0) is 23.5. The van der Waals surface area contributed by atoms with E-state index in [1.165, 1.54) is 0 Å². The average Bonchev–Trinajstić information content (AvgIpc) is 3.46. The number of benzene rings is 1. The summed E-state index contributed by atoms with van der Waals surface area (Å²) in [6.07, 6.45) is 8.62. The van der Waals surface area contributed by atoms with Crippen molar-refractivity contribution in [2.75, 3.05) is 6.54 Å². The van der Waals surface area contributed by atoms with Crippen LogP contribution in [0.4, 0.5) is 0 Å². The molecule has 0 bridgehead atoms. The fourth-order valence-corrected chi connectivity index (χ4v) is 4.58. The van der Waals surface area contributed by atoms with Crippen LogP contribution in [0, 0.1) is 11.8 Å². The zero-order valence-electron chi connectivity index (χ0n) is 18.6. The van der Waals surface area contributed by atoms with E-state index in [-0.39, 0.29) is 11.9 Å². The van der Waals surface area contributed by atoms with Gasteiger partial charge in [0.15, 0.2) is 0 Å². The second-order valence-electron chi connectivity index (χ2n) is 8.03. The predicted octanol–water partition coefficient (Wildman–Crippen LogP) is 4.95. The van der Waals surface area contributed by atoms with Crippen molar-refractivity contribution in [3.63, 3.8) is 0 Å². The molecule has 0 spiro atoms. The van der Waals surface area contributed by atoms with Crippen LogP contribution in [-0.2, 0) is 11.3 Å². The summed E-state index contributed by atoms with van der Waals surface area (Å²) in [7, 11) is 0. The van der Waals surface area contributed by atoms with Gasteiger partial charge in [0.1, 0.15) is 17.2 Å². The number of likely N-dealkylation sites (tertiary alicyclic amines) is 1. The van der Waals surface area contributed by atoms with Gasteiger partial charge in [-0.2, -0.15) is 5.10 Å². The van der Waals surface area contributed by atoms with Crippen molar-refractivity contribution in [3.8, 4) is 34.6 Å². The van der Waals surface area contributed by atoms with E-state index in [1.54, 1.807) is 43.8 Å². The Bertz CT molecular complexity index is 1390. The normalized spacial score (nSPS) is 15.2. The molecule has 1 atom stereocenters. The molecule has 0 N–H and O–H groups in total. The maximum atomic E-state index is 12.4. The van der Waals surface area contributed by atoms with E-state index in [2.05, 4.69) is 21.8 Å². The highest BCUT2D eigenvalue weighted by molar-refractivity contribution is 6.35. The van der Waals surface area contributed by atoms with Crippen molar-refractivity contribution in [1.29, 1.82) is 0 Å². The Balaban J connectivity index is 1.46. The Morgan fingerprint density at radius 3 is 2.65 bits per heavy atom. The van der Waals surface area contributed by atoms with Gasteiger partial charge in [-0.1, -0.05) is 17.5 Å². The lowest BCUT2D eigenvalue weighted by Gasteiger charge is -2.22. The number of rotatable bonds is 5. The largest absolute Gasteiger partial charge is 0.457 e. The number of nitrogens with zero attached hydrogens (tertiary/aromatic N) is 5. The summed E-state index contributed by atoms with van der Waals surface area (Å²) < 4.78 is 7.77. The molecule has 1 aliphatic heterocycles.